The van der Waals surface area contributed by atoms with Gasteiger partial charge in [-0.15, -0.1) is 0 Å². The SMILES string of the molecule is CCOC(=O)c1cccc(NC(=O)CC2C(=O)N(c3cccc(OC)c3)C(=O)N2CC(C)C)c1. The number of imide groups is 1. The van der Waals surface area contributed by atoms with Crippen LogP contribution in [0.3, 0.4) is 0 Å². The summed E-state index contributed by atoms with van der Waals surface area (Å²) in [5.74, 6) is -0.819. The lowest BCUT2D eigenvalue weighted by Crippen LogP contribution is -2.40. The summed E-state index contributed by atoms with van der Waals surface area (Å²) in [7, 11) is 1.50. The summed E-state index contributed by atoms with van der Waals surface area (Å²) in [6, 6.07) is 11.6. The minimum Gasteiger partial charge on any atom is -0.497 e. The summed E-state index contributed by atoms with van der Waals surface area (Å²) in [4.78, 5) is 53.8. The molecule has 0 spiro atoms. The molecule has 2 aromatic carbocycles. The van der Waals surface area contributed by atoms with E-state index in [0.717, 1.165) is 4.90 Å². The molecule has 1 unspecified atom stereocenters. The van der Waals surface area contributed by atoms with Gasteiger partial charge in [0, 0.05) is 18.3 Å². The average Bonchev–Trinajstić information content (AvgIpc) is 3.02. The first-order chi connectivity index (χ1) is 16.2. The number of ether oxygens (including phenoxy) is 2. The molecule has 1 saturated heterocycles. The maximum Gasteiger partial charge on any atom is 0.338 e. The van der Waals surface area contributed by atoms with E-state index in [0.29, 0.717) is 29.2 Å². The Kier molecular flexibility index (Phi) is 7.88. The maximum atomic E-state index is 13.3. The van der Waals surface area contributed by atoms with Gasteiger partial charge in [-0.3, -0.25) is 9.59 Å². The molecular weight excluding hydrogens is 438 g/mol. The van der Waals surface area contributed by atoms with E-state index in [-0.39, 0.29) is 18.9 Å². The number of esters is 1. The quantitative estimate of drug-likeness (QED) is 0.445. The molecule has 1 N–H and O–H groups in total. The van der Waals surface area contributed by atoms with E-state index >= 15 is 0 Å². The predicted octanol–water partition coefficient (Wildman–Crippen LogP) is 3.69. The summed E-state index contributed by atoms with van der Waals surface area (Å²) in [6.45, 7) is 6.14. The second kappa shape index (κ2) is 10.8. The van der Waals surface area contributed by atoms with Crippen molar-refractivity contribution in [1.29, 1.82) is 0 Å². The summed E-state index contributed by atoms with van der Waals surface area (Å²) in [5, 5.41) is 2.71. The zero-order chi connectivity index (χ0) is 24.8. The van der Waals surface area contributed by atoms with Crippen LogP contribution in [-0.4, -0.2) is 55.0 Å². The number of nitrogens with one attached hydrogen (secondary N) is 1. The van der Waals surface area contributed by atoms with Gasteiger partial charge in [0.2, 0.25) is 5.91 Å². The van der Waals surface area contributed by atoms with Gasteiger partial charge in [0.05, 0.1) is 31.4 Å². The third-order valence-electron chi connectivity index (χ3n) is 5.23. The van der Waals surface area contributed by atoms with Crippen molar-refractivity contribution in [3.63, 3.8) is 0 Å². The Hall–Kier alpha value is -3.88. The zero-order valence-electron chi connectivity index (χ0n) is 19.7. The lowest BCUT2D eigenvalue weighted by Gasteiger charge is -2.23. The van der Waals surface area contributed by atoms with Crippen molar-refractivity contribution in [2.75, 3.05) is 30.5 Å². The molecule has 2 aromatic rings. The molecule has 1 aliphatic rings. The highest BCUT2D eigenvalue weighted by atomic mass is 16.5. The first-order valence-electron chi connectivity index (χ1n) is 11.1. The largest absolute Gasteiger partial charge is 0.497 e. The Balaban J connectivity index is 1.80. The Labute approximate surface area is 198 Å². The fourth-order valence-corrected chi connectivity index (χ4v) is 3.75. The second-order valence-electron chi connectivity index (χ2n) is 8.27. The fourth-order valence-electron chi connectivity index (χ4n) is 3.75. The van der Waals surface area contributed by atoms with Gasteiger partial charge < -0.3 is 19.7 Å². The van der Waals surface area contributed by atoms with E-state index in [4.69, 9.17) is 9.47 Å². The normalized spacial score (nSPS) is 15.6. The summed E-state index contributed by atoms with van der Waals surface area (Å²) < 4.78 is 10.2. The molecule has 1 heterocycles. The topological polar surface area (TPSA) is 105 Å². The number of nitrogens with zero attached hydrogens (tertiary/aromatic N) is 2. The summed E-state index contributed by atoms with van der Waals surface area (Å²) in [5.41, 5.74) is 1.08. The fraction of sp³-hybridized carbons (Fsp3) is 0.360. The minimum atomic E-state index is -0.950. The summed E-state index contributed by atoms with van der Waals surface area (Å²) >= 11 is 0. The Morgan fingerprint density at radius 3 is 2.50 bits per heavy atom. The van der Waals surface area contributed by atoms with Gasteiger partial charge in [0.1, 0.15) is 11.8 Å². The van der Waals surface area contributed by atoms with Crippen molar-refractivity contribution in [1.82, 2.24) is 4.90 Å². The molecule has 1 fully saturated rings. The number of benzene rings is 2. The molecule has 0 aliphatic carbocycles. The molecule has 4 amide bonds. The monoisotopic (exact) mass is 467 g/mol. The Bertz CT molecular complexity index is 1080. The molecule has 1 atom stereocenters. The first kappa shape index (κ1) is 24.8. The van der Waals surface area contributed by atoms with Crippen LogP contribution in [0.2, 0.25) is 0 Å². The van der Waals surface area contributed by atoms with Gasteiger partial charge in [-0.25, -0.2) is 14.5 Å². The van der Waals surface area contributed by atoms with Gasteiger partial charge >= 0.3 is 12.0 Å². The van der Waals surface area contributed by atoms with E-state index in [2.05, 4.69) is 5.32 Å². The van der Waals surface area contributed by atoms with E-state index in [1.165, 1.54) is 18.1 Å². The van der Waals surface area contributed by atoms with Crippen LogP contribution >= 0.6 is 0 Å². The minimum absolute atomic E-state index is 0.0915. The van der Waals surface area contributed by atoms with Gasteiger partial charge in [0.25, 0.3) is 5.91 Å². The number of amides is 4. The number of hydrogen-bond acceptors (Lipinski definition) is 6. The van der Waals surface area contributed by atoms with Gasteiger partial charge in [0.15, 0.2) is 0 Å². The number of carbonyl (C=O) groups is 4. The predicted molar refractivity (Wildman–Crippen MR) is 127 cm³/mol. The van der Waals surface area contributed by atoms with Crippen molar-refractivity contribution in [3.05, 3.63) is 54.1 Å². The second-order valence-corrected chi connectivity index (χ2v) is 8.27. The highest BCUT2D eigenvalue weighted by Gasteiger charge is 2.46. The van der Waals surface area contributed by atoms with Crippen LogP contribution < -0.4 is 15.0 Å². The lowest BCUT2D eigenvalue weighted by atomic mass is 10.1. The number of carbonyl (C=O) groups excluding carboxylic acids is 4. The lowest BCUT2D eigenvalue weighted by molar-refractivity contribution is -0.124. The van der Waals surface area contributed by atoms with Crippen molar-refractivity contribution >= 4 is 35.2 Å². The highest BCUT2D eigenvalue weighted by Crippen LogP contribution is 2.30. The van der Waals surface area contributed by atoms with Crippen LogP contribution in [0, 0.1) is 5.92 Å². The molecule has 180 valence electrons. The van der Waals surface area contributed by atoms with Crippen molar-refractivity contribution in [2.24, 2.45) is 5.92 Å². The van der Waals surface area contributed by atoms with E-state index < -0.39 is 29.9 Å². The van der Waals surface area contributed by atoms with E-state index in [1.54, 1.807) is 49.4 Å². The van der Waals surface area contributed by atoms with Crippen molar-refractivity contribution in [3.8, 4) is 5.75 Å². The molecule has 34 heavy (non-hydrogen) atoms. The molecule has 9 nitrogen and oxygen atoms in total. The standard InChI is InChI=1S/C25H29N3O6/c1-5-34-24(31)17-8-6-9-18(12-17)26-22(29)14-21-23(30)28(25(32)27(21)15-16(2)3)19-10-7-11-20(13-19)33-4/h6-13,16,21H,5,14-15H2,1-4H3,(H,26,29). The number of hydrogen-bond donors (Lipinski definition) is 1. The van der Waals surface area contributed by atoms with Crippen LogP contribution in [-0.2, 0) is 14.3 Å². The highest BCUT2D eigenvalue weighted by molar-refractivity contribution is 6.22. The molecular formula is C25H29N3O6. The average molecular weight is 468 g/mol. The van der Waals surface area contributed by atoms with Crippen molar-refractivity contribution < 1.29 is 28.7 Å². The number of methoxy groups -OCH3 is 1. The third-order valence-corrected chi connectivity index (χ3v) is 5.23. The first-order valence-corrected chi connectivity index (χ1v) is 11.1. The van der Waals surface area contributed by atoms with E-state index in [9.17, 15) is 19.2 Å². The van der Waals surface area contributed by atoms with Gasteiger partial charge in [-0.1, -0.05) is 26.0 Å². The number of anilines is 2. The van der Waals surface area contributed by atoms with Crippen LogP contribution in [0.25, 0.3) is 0 Å². The Morgan fingerprint density at radius 2 is 1.82 bits per heavy atom. The van der Waals surface area contributed by atoms with Crippen LogP contribution in [0.1, 0.15) is 37.6 Å². The smallest absolute Gasteiger partial charge is 0.338 e. The van der Waals surface area contributed by atoms with Gasteiger partial charge in [-0.2, -0.15) is 0 Å². The number of rotatable bonds is 9. The van der Waals surface area contributed by atoms with E-state index in [1.807, 2.05) is 13.8 Å². The zero-order valence-corrected chi connectivity index (χ0v) is 19.7. The molecule has 0 aromatic heterocycles. The number of urea groups is 1. The Morgan fingerprint density at radius 1 is 1.09 bits per heavy atom. The summed E-state index contributed by atoms with van der Waals surface area (Å²) in [6.07, 6.45) is -0.221. The third kappa shape index (κ3) is 5.54. The van der Waals surface area contributed by atoms with Gasteiger partial charge in [-0.05, 0) is 43.2 Å². The van der Waals surface area contributed by atoms with Crippen LogP contribution in [0.15, 0.2) is 48.5 Å². The molecule has 0 radical (unpaired) electrons. The molecule has 0 saturated carbocycles. The molecule has 9 heteroatoms. The maximum absolute atomic E-state index is 13.3. The van der Waals surface area contributed by atoms with Crippen molar-refractivity contribution in [2.45, 2.75) is 33.2 Å². The molecule has 0 bridgehead atoms. The molecule has 3 rings (SSSR count). The van der Waals surface area contributed by atoms with Crippen LogP contribution in [0.5, 0.6) is 5.75 Å². The molecule has 1 aliphatic heterocycles. The van der Waals surface area contributed by atoms with Crippen LogP contribution in [0.4, 0.5) is 16.2 Å².